The van der Waals surface area contributed by atoms with Crippen molar-refractivity contribution in [2.24, 2.45) is 5.73 Å². The van der Waals surface area contributed by atoms with E-state index in [9.17, 15) is 9.59 Å². The minimum Gasteiger partial charge on any atom is -0.462 e. The Morgan fingerprint density at radius 2 is 1.53 bits per heavy atom. The van der Waals surface area contributed by atoms with Gasteiger partial charge in [-0.3, -0.25) is 4.79 Å². The maximum absolute atomic E-state index is 12.6. The number of primary amides is 1. The predicted molar refractivity (Wildman–Crippen MR) is 145 cm³/mol. The van der Waals surface area contributed by atoms with Crippen LogP contribution in [-0.2, 0) is 9.53 Å². The fraction of sp³-hybridized carbons (Fsp3) is 0.310. The molecule has 1 aliphatic rings. The molecule has 2 atom stereocenters. The minimum atomic E-state index is -0.530. The Labute approximate surface area is 217 Å². The summed E-state index contributed by atoms with van der Waals surface area (Å²) in [7, 11) is 0. The van der Waals surface area contributed by atoms with E-state index in [1.54, 1.807) is 31.2 Å². The molecule has 4 rings (SSSR count). The van der Waals surface area contributed by atoms with Crippen molar-refractivity contribution in [3.05, 3.63) is 94.5 Å². The van der Waals surface area contributed by atoms with E-state index in [1.807, 2.05) is 31.2 Å². The summed E-state index contributed by atoms with van der Waals surface area (Å²) in [5.41, 5.74) is 10.5. The van der Waals surface area contributed by atoms with Crippen molar-refractivity contribution in [2.75, 3.05) is 42.6 Å². The monoisotopic (exact) mass is 505 g/mol. The molecule has 0 saturated carbocycles. The second-order valence-corrected chi connectivity index (χ2v) is 9.46. The van der Waals surface area contributed by atoms with Crippen molar-refractivity contribution >= 4 is 34.9 Å². The fourth-order valence-electron chi connectivity index (χ4n) is 4.94. The number of carbonyl (C=O) groups is 2. The van der Waals surface area contributed by atoms with Crippen LogP contribution in [0.3, 0.4) is 0 Å². The molecule has 1 amide bonds. The summed E-state index contributed by atoms with van der Waals surface area (Å²) < 4.78 is 5.07. The van der Waals surface area contributed by atoms with Crippen LogP contribution in [0.1, 0.15) is 47.2 Å². The highest BCUT2D eigenvalue weighted by atomic mass is 35.5. The Morgan fingerprint density at radius 3 is 2.14 bits per heavy atom. The number of para-hydroxylation sites is 1. The number of esters is 1. The molecule has 1 fully saturated rings. The topological polar surface area (TPSA) is 75.9 Å². The lowest BCUT2D eigenvalue weighted by atomic mass is 9.81. The van der Waals surface area contributed by atoms with Gasteiger partial charge < -0.3 is 20.3 Å². The van der Waals surface area contributed by atoms with Crippen LogP contribution in [0.25, 0.3) is 0 Å². The maximum Gasteiger partial charge on any atom is 0.338 e. The number of hydrogen-bond acceptors (Lipinski definition) is 5. The first-order valence-electron chi connectivity index (χ1n) is 12.3. The molecule has 0 radical (unpaired) electrons. The summed E-state index contributed by atoms with van der Waals surface area (Å²) in [4.78, 5) is 29.4. The van der Waals surface area contributed by atoms with Gasteiger partial charge in [0, 0.05) is 42.6 Å². The molecule has 3 aromatic rings. The summed E-state index contributed by atoms with van der Waals surface area (Å²) >= 11 is 6.05. The average Bonchev–Trinajstić information content (AvgIpc) is 2.89. The smallest absolute Gasteiger partial charge is 0.338 e. The largest absolute Gasteiger partial charge is 0.462 e. The molecule has 36 heavy (non-hydrogen) atoms. The molecule has 6 nitrogen and oxygen atoms in total. The van der Waals surface area contributed by atoms with E-state index in [-0.39, 0.29) is 11.9 Å². The molecule has 188 valence electrons. The second-order valence-electron chi connectivity index (χ2n) is 9.02. The Bertz CT molecular complexity index is 1190. The molecular formula is C29H32ClN3O3. The molecule has 1 saturated heterocycles. The Morgan fingerprint density at radius 1 is 0.917 bits per heavy atom. The van der Waals surface area contributed by atoms with Gasteiger partial charge in [0.1, 0.15) is 0 Å². The number of benzene rings is 3. The quantitative estimate of drug-likeness (QED) is 0.425. The van der Waals surface area contributed by atoms with E-state index >= 15 is 0 Å². The van der Waals surface area contributed by atoms with Gasteiger partial charge in [-0.15, -0.1) is 0 Å². The van der Waals surface area contributed by atoms with Gasteiger partial charge in [-0.1, -0.05) is 48.9 Å². The summed E-state index contributed by atoms with van der Waals surface area (Å²) in [5.74, 6) is -1.45. The Balaban J connectivity index is 1.53. The van der Waals surface area contributed by atoms with Crippen LogP contribution in [0.4, 0.5) is 11.4 Å². The lowest BCUT2D eigenvalue weighted by Crippen LogP contribution is -2.47. The van der Waals surface area contributed by atoms with Crippen LogP contribution in [0.5, 0.6) is 0 Å². The van der Waals surface area contributed by atoms with Crippen LogP contribution in [0.15, 0.2) is 72.8 Å². The molecule has 2 N–H and O–H groups in total. The lowest BCUT2D eigenvalue weighted by Gasteiger charge is -2.39. The zero-order valence-electron chi connectivity index (χ0n) is 20.7. The number of halogens is 1. The zero-order valence-corrected chi connectivity index (χ0v) is 21.4. The van der Waals surface area contributed by atoms with Crippen LogP contribution >= 0.6 is 11.6 Å². The van der Waals surface area contributed by atoms with E-state index < -0.39 is 11.8 Å². The van der Waals surface area contributed by atoms with E-state index in [4.69, 9.17) is 22.1 Å². The molecule has 1 aliphatic heterocycles. The van der Waals surface area contributed by atoms with E-state index in [0.717, 1.165) is 48.0 Å². The summed E-state index contributed by atoms with van der Waals surface area (Å²) in [6.45, 7) is 7.62. The second kappa shape index (κ2) is 11.5. The summed E-state index contributed by atoms with van der Waals surface area (Å²) in [5, 5.41) is 0.736. The number of nitrogens with zero attached hydrogens (tertiary/aromatic N) is 2. The van der Waals surface area contributed by atoms with E-state index in [1.165, 1.54) is 5.69 Å². The number of piperazine rings is 1. The van der Waals surface area contributed by atoms with Gasteiger partial charge >= 0.3 is 5.97 Å². The number of ether oxygens (including phenoxy) is 1. The van der Waals surface area contributed by atoms with Crippen molar-refractivity contribution in [3.63, 3.8) is 0 Å². The number of nitrogens with two attached hydrogens (primary N) is 1. The Kier molecular flexibility index (Phi) is 8.16. The first kappa shape index (κ1) is 25.6. The predicted octanol–water partition coefficient (Wildman–Crippen LogP) is 5.22. The molecule has 2 unspecified atom stereocenters. The van der Waals surface area contributed by atoms with E-state index in [0.29, 0.717) is 12.2 Å². The lowest BCUT2D eigenvalue weighted by molar-refractivity contribution is -0.119. The minimum absolute atomic E-state index is 0.151. The molecule has 0 bridgehead atoms. The van der Waals surface area contributed by atoms with Crippen molar-refractivity contribution < 1.29 is 14.3 Å². The van der Waals surface area contributed by atoms with Crippen LogP contribution in [0, 0.1) is 0 Å². The van der Waals surface area contributed by atoms with Gasteiger partial charge in [0.25, 0.3) is 0 Å². The first-order chi connectivity index (χ1) is 17.4. The number of rotatable bonds is 8. The van der Waals surface area contributed by atoms with Gasteiger partial charge in [-0.25, -0.2) is 4.79 Å². The van der Waals surface area contributed by atoms with Gasteiger partial charge in [0.05, 0.1) is 18.1 Å². The maximum atomic E-state index is 12.6. The molecule has 0 aliphatic carbocycles. The normalized spacial score (nSPS) is 15.3. The highest BCUT2D eigenvalue weighted by molar-refractivity contribution is 6.30. The molecular weight excluding hydrogens is 474 g/mol. The van der Waals surface area contributed by atoms with Crippen LogP contribution in [0.2, 0.25) is 5.02 Å². The van der Waals surface area contributed by atoms with Gasteiger partial charge in [-0.2, -0.15) is 0 Å². The first-order valence-corrected chi connectivity index (χ1v) is 12.7. The standard InChI is InChI=1S/C29H32ClN3O3/c1-3-36-29(35)22-10-8-21(9-11-22)27(28(31)34)20(2)25-6-4-5-7-26(25)33-18-16-32(17-19-33)24-14-12-23(30)13-15-24/h4-15,20,27H,3,16-19H2,1-2H3,(H2,31,34). The molecule has 1 heterocycles. The molecule has 3 aromatic carbocycles. The van der Waals surface area contributed by atoms with Crippen LogP contribution < -0.4 is 15.5 Å². The van der Waals surface area contributed by atoms with Crippen molar-refractivity contribution in [1.82, 2.24) is 0 Å². The average molecular weight is 506 g/mol. The highest BCUT2D eigenvalue weighted by Crippen LogP contribution is 2.38. The fourth-order valence-corrected chi connectivity index (χ4v) is 5.06. The molecule has 0 aromatic heterocycles. The highest BCUT2D eigenvalue weighted by Gasteiger charge is 2.30. The number of anilines is 2. The van der Waals surface area contributed by atoms with Crippen molar-refractivity contribution in [2.45, 2.75) is 25.7 Å². The number of carbonyl (C=O) groups excluding carboxylic acids is 2. The van der Waals surface area contributed by atoms with Crippen LogP contribution in [-0.4, -0.2) is 44.7 Å². The SMILES string of the molecule is CCOC(=O)c1ccc(C(C(N)=O)C(C)c2ccccc2N2CCN(c3ccc(Cl)cc3)CC2)cc1. The van der Waals surface area contributed by atoms with Crippen molar-refractivity contribution in [1.29, 1.82) is 0 Å². The number of amides is 1. The third-order valence-electron chi connectivity index (χ3n) is 6.83. The third kappa shape index (κ3) is 5.65. The Hall–Kier alpha value is -3.51. The number of hydrogen-bond donors (Lipinski definition) is 1. The summed E-state index contributed by atoms with van der Waals surface area (Å²) in [6, 6.07) is 23.2. The van der Waals surface area contributed by atoms with Gasteiger partial charge in [-0.05, 0) is 66.4 Å². The summed E-state index contributed by atoms with van der Waals surface area (Å²) in [6.07, 6.45) is 0. The van der Waals surface area contributed by atoms with Gasteiger partial charge in [0.15, 0.2) is 0 Å². The van der Waals surface area contributed by atoms with Crippen molar-refractivity contribution in [3.8, 4) is 0 Å². The zero-order chi connectivity index (χ0) is 25.7. The molecule has 7 heteroatoms. The van der Waals surface area contributed by atoms with Gasteiger partial charge in [0.2, 0.25) is 5.91 Å². The van der Waals surface area contributed by atoms with E-state index in [2.05, 4.69) is 34.1 Å². The third-order valence-corrected chi connectivity index (χ3v) is 7.08. The molecule has 0 spiro atoms.